The average molecular weight is 305 g/mol. The van der Waals surface area contributed by atoms with Gasteiger partial charge in [0.2, 0.25) is 0 Å². The van der Waals surface area contributed by atoms with Gasteiger partial charge in [-0.2, -0.15) is 0 Å². The van der Waals surface area contributed by atoms with Gasteiger partial charge in [0.25, 0.3) is 11.8 Å². The van der Waals surface area contributed by atoms with E-state index >= 15 is 0 Å². The number of hydrogen-bond acceptors (Lipinski definition) is 6. The predicted molar refractivity (Wildman–Crippen MR) is 76.6 cm³/mol. The normalized spacial score (nSPS) is 18.0. The van der Waals surface area contributed by atoms with E-state index in [-0.39, 0.29) is 23.7 Å². The summed E-state index contributed by atoms with van der Waals surface area (Å²) in [4.78, 5) is 8.22. The van der Waals surface area contributed by atoms with E-state index in [1.54, 1.807) is 0 Å². The summed E-state index contributed by atoms with van der Waals surface area (Å²) >= 11 is 0. The van der Waals surface area contributed by atoms with Crippen molar-refractivity contribution in [3.63, 3.8) is 0 Å². The Kier molecular flexibility index (Phi) is 4.77. The molecule has 1 N–H and O–H groups in total. The van der Waals surface area contributed by atoms with Crippen LogP contribution in [-0.4, -0.2) is 42.4 Å². The maximum absolute atomic E-state index is 12.9. The first-order valence-electron chi connectivity index (χ1n) is 7.01. The molecule has 1 aliphatic rings. The second kappa shape index (κ2) is 7.15. The van der Waals surface area contributed by atoms with E-state index in [1.807, 2.05) is 0 Å². The lowest BCUT2D eigenvalue weighted by Gasteiger charge is -2.23. The molecule has 0 bridgehead atoms. The lowest BCUT2D eigenvalue weighted by atomic mass is 10.3. The molecule has 1 fully saturated rings. The van der Waals surface area contributed by atoms with Crippen molar-refractivity contribution in [2.45, 2.75) is 6.10 Å². The van der Waals surface area contributed by atoms with Crippen LogP contribution in [0.25, 0.3) is 0 Å². The second-order valence-electron chi connectivity index (χ2n) is 4.73. The van der Waals surface area contributed by atoms with Crippen molar-refractivity contribution in [3.8, 4) is 17.5 Å². The highest BCUT2D eigenvalue weighted by atomic mass is 19.1. The van der Waals surface area contributed by atoms with Gasteiger partial charge in [-0.05, 0) is 24.3 Å². The Labute approximate surface area is 127 Å². The third kappa shape index (κ3) is 3.90. The molecule has 2 heterocycles. The molecule has 0 radical (unpaired) electrons. The van der Waals surface area contributed by atoms with E-state index in [2.05, 4.69) is 15.3 Å². The number of aromatic nitrogens is 2. The molecule has 0 saturated carbocycles. The maximum Gasteiger partial charge on any atom is 0.283 e. The number of rotatable bonds is 5. The number of hydrogen-bond donors (Lipinski definition) is 1. The highest BCUT2D eigenvalue weighted by Crippen LogP contribution is 2.27. The van der Waals surface area contributed by atoms with Crippen LogP contribution in [0.2, 0.25) is 0 Å². The van der Waals surface area contributed by atoms with Gasteiger partial charge in [-0.15, -0.1) is 0 Å². The fourth-order valence-corrected chi connectivity index (χ4v) is 1.99. The van der Waals surface area contributed by atoms with Crippen LogP contribution in [0.3, 0.4) is 0 Å². The smallest absolute Gasteiger partial charge is 0.283 e. The molecule has 116 valence electrons. The Morgan fingerprint density at radius 1 is 1.18 bits per heavy atom. The largest absolute Gasteiger partial charge is 0.471 e. The van der Waals surface area contributed by atoms with Gasteiger partial charge in [0.05, 0.1) is 6.61 Å². The standard InChI is InChI=1S/C15H16FN3O3/c16-11-1-3-12(4-2-11)22-15-14(18-5-6-19-15)21-10-13-9-17-7-8-20-13/h1-6,13,17H,7-10H2/t13-/m1/s1. The van der Waals surface area contributed by atoms with E-state index in [0.717, 1.165) is 13.1 Å². The molecule has 1 aliphatic heterocycles. The summed E-state index contributed by atoms with van der Waals surface area (Å²) in [6, 6.07) is 5.66. The van der Waals surface area contributed by atoms with Crippen molar-refractivity contribution >= 4 is 0 Å². The summed E-state index contributed by atoms with van der Waals surface area (Å²) in [6.07, 6.45) is 2.99. The molecule has 1 saturated heterocycles. The molecule has 1 aromatic carbocycles. The number of benzene rings is 1. The summed E-state index contributed by atoms with van der Waals surface area (Å²) in [7, 11) is 0. The lowest BCUT2D eigenvalue weighted by molar-refractivity contribution is -0.00129. The minimum Gasteiger partial charge on any atom is -0.471 e. The molecule has 1 aromatic heterocycles. The van der Waals surface area contributed by atoms with Crippen LogP contribution in [-0.2, 0) is 4.74 Å². The van der Waals surface area contributed by atoms with E-state index in [9.17, 15) is 4.39 Å². The van der Waals surface area contributed by atoms with Crippen molar-refractivity contribution in [2.24, 2.45) is 0 Å². The van der Waals surface area contributed by atoms with Gasteiger partial charge in [-0.1, -0.05) is 0 Å². The molecule has 0 amide bonds. The van der Waals surface area contributed by atoms with Gasteiger partial charge in [0, 0.05) is 25.5 Å². The first-order chi connectivity index (χ1) is 10.8. The zero-order valence-corrected chi connectivity index (χ0v) is 11.9. The molecule has 0 spiro atoms. The topological polar surface area (TPSA) is 65.5 Å². The number of morpholine rings is 1. The highest BCUT2D eigenvalue weighted by Gasteiger charge is 2.16. The Bertz CT molecular complexity index is 603. The van der Waals surface area contributed by atoms with Crippen molar-refractivity contribution < 1.29 is 18.6 Å². The van der Waals surface area contributed by atoms with E-state index in [0.29, 0.717) is 19.0 Å². The molecule has 7 heteroatoms. The van der Waals surface area contributed by atoms with E-state index < -0.39 is 0 Å². The molecular weight excluding hydrogens is 289 g/mol. The van der Waals surface area contributed by atoms with Gasteiger partial charge in [0.15, 0.2) is 0 Å². The first kappa shape index (κ1) is 14.7. The van der Waals surface area contributed by atoms with Gasteiger partial charge < -0.3 is 19.5 Å². The van der Waals surface area contributed by atoms with Crippen LogP contribution in [0.4, 0.5) is 4.39 Å². The van der Waals surface area contributed by atoms with Crippen LogP contribution in [0.1, 0.15) is 0 Å². The quantitative estimate of drug-likeness (QED) is 0.908. The molecule has 3 rings (SSSR count). The van der Waals surface area contributed by atoms with Crippen LogP contribution in [0, 0.1) is 5.82 Å². The van der Waals surface area contributed by atoms with Gasteiger partial charge >= 0.3 is 0 Å². The summed E-state index contributed by atoms with van der Waals surface area (Å²) < 4.78 is 29.7. The number of halogens is 1. The summed E-state index contributed by atoms with van der Waals surface area (Å²) in [6.45, 7) is 2.59. The summed E-state index contributed by atoms with van der Waals surface area (Å²) in [5, 5.41) is 3.22. The van der Waals surface area contributed by atoms with Crippen LogP contribution < -0.4 is 14.8 Å². The zero-order chi connectivity index (χ0) is 15.2. The van der Waals surface area contributed by atoms with Crippen LogP contribution in [0.5, 0.6) is 17.5 Å². The van der Waals surface area contributed by atoms with E-state index in [1.165, 1.54) is 36.7 Å². The monoisotopic (exact) mass is 305 g/mol. The second-order valence-corrected chi connectivity index (χ2v) is 4.73. The maximum atomic E-state index is 12.9. The first-order valence-corrected chi connectivity index (χ1v) is 7.01. The van der Waals surface area contributed by atoms with Gasteiger partial charge in [0.1, 0.15) is 24.3 Å². The molecule has 6 nitrogen and oxygen atoms in total. The zero-order valence-electron chi connectivity index (χ0n) is 11.9. The number of nitrogens with zero attached hydrogens (tertiary/aromatic N) is 2. The van der Waals surface area contributed by atoms with Crippen molar-refractivity contribution in [1.29, 1.82) is 0 Å². The third-order valence-corrected chi connectivity index (χ3v) is 3.07. The Morgan fingerprint density at radius 3 is 2.68 bits per heavy atom. The molecule has 22 heavy (non-hydrogen) atoms. The summed E-state index contributed by atoms with van der Waals surface area (Å²) in [5.74, 6) is 0.645. The fraction of sp³-hybridized carbons (Fsp3) is 0.333. The third-order valence-electron chi connectivity index (χ3n) is 3.07. The molecule has 1 atom stereocenters. The van der Waals surface area contributed by atoms with Crippen LogP contribution >= 0.6 is 0 Å². The van der Waals surface area contributed by atoms with E-state index in [4.69, 9.17) is 14.2 Å². The fourth-order valence-electron chi connectivity index (χ4n) is 1.99. The molecule has 0 unspecified atom stereocenters. The van der Waals surface area contributed by atoms with Crippen molar-refractivity contribution in [2.75, 3.05) is 26.3 Å². The van der Waals surface area contributed by atoms with Crippen molar-refractivity contribution in [3.05, 3.63) is 42.5 Å². The highest BCUT2D eigenvalue weighted by molar-refractivity contribution is 5.32. The molecule has 2 aromatic rings. The minimum absolute atomic E-state index is 0.0329. The number of ether oxygens (including phenoxy) is 3. The van der Waals surface area contributed by atoms with Gasteiger partial charge in [-0.25, -0.2) is 14.4 Å². The van der Waals surface area contributed by atoms with Gasteiger partial charge in [-0.3, -0.25) is 0 Å². The Morgan fingerprint density at radius 2 is 1.95 bits per heavy atom. The lowest BCUT2D eigenvalue weighted by Crippen LogP contribution is -2.41. The predicted octanol–water partition coefficient (Wildman–Crippen LogP) is 1.78. The minimum atomic E-state index is -0.329. The average Bonchev–Trinajstić information content (AvgIpc) is 2.57. The Hall–Kier alpha value is -2.25. The SMILES string of the molecule is Fc1ccc(Oc2nccnc2OC[C@H]2CNCCO2)cc1. The molecule has 0 aliphatic carbocycles. The van der Waals surface area contributed by atoms with Crippen LogP contribution in [0.15, 0.2) is 36.7 Å². The summed E-state index contributed by atoms with van der Waals surface area (Å²) in [5.41, 5.74) is 0. The Balaban J connectivity index is 1.65. The van der Waals surface area contributed by atoms with Crippen molar-refractivity contribution in [1.82, 2.24) is 15.3 Å². The number of nitrogens with one attached hydrogen (secondary N) is 1. The molecular formula is C15H16FN3O3.